The van der Waals surface area contributed by atoms with Gasteiger partial charge in [0.1, 0.15) is 34.3 Å². The van der Waals surface area contributed by atoms with E-state index in [4.69, 9.17) is 8.83 Å². The minimum Gasteiger partial charge on any atom is -0.455 e. The fourth-order valence-electron chi connectivity index (χ4n) is 5.12. The van der Waals surface area contributed by atoms with Crippen molar-refractivity contribution >= 4 is 33.8 Å². The first-order chi connectivity index (χ1) is 20.7. The average molecular weight is 584 g/mol. The number of ketones is 1. The van der Waals surface area contributed by atoms with Crippen LogP contribution in [-0.2, 0) is 0 Å². The van der Waals surface area contributed by atoms with Crippen LogP contribution in [0.1, 0.15) is 51.4 Å². The van der Waals surface area contributed by atoms with Gasteiger partial charge < -0.3 is 14.2 Å². The highest BCUT2D eigenvalue weighted by molar-refractivity contribution is 6.12. The minimum atomic E-state index is -0.825. The largest absolute Gasteiger partial charge is 0.455 e. The molecule has 3 heterocycles. The average Bonchev–Trinajstić information content (AvgIpc) is 3.62. The quantitative estimate of drug-likeness (QED) is 0.193. The van der Waals surface area contributed by atoms with Crippen LogP contribution in [0.25, 0.3) is 44.5 Å². The molecule has 10 heteroatoms. The summed E-state index contributed by atoms with van der Waals surface area (Å²) in [5, 5.41) is 2.37. The number of amides is 1. The standard InChI is InChI=1S/C33H24F3N3O4/c1-16(33-39-24-15-38-11-10-26(24)43-33)12-25(40)19-13-22(17(2)23(35)14-19)21-8-9-27-28(30(21)36)29(32(41)37-3)31(42-27)18-4-6-20(34)7-5-18/h4-11,13-16H,12H2,1-3H3,(H,37,41)/t16-/m0/s1. The molecule has 6 rings (SSSR count). The predicted octanol–water partition coefficient (Wildman–Crippen LogP) is 7.76. The highest BCUT2D eigenvalue weighted by atomic mass is 19.1. The molecule has 0 saturated heterocycles. The lowest BCUT2D eigenvalue weighted by atomic mass is 9.92. The second-order valence-electron chi connectivity index (χ2n) is 10.2. The van der Waals surface area contributed by atoms with Crippen LogP contribution in [0.2, 0.25) is 0 Å². The SMILES string of the molecule is CNC(=O)c1c(-c2ccc(F)cc2)oc2ccc(-c3cc(C(=O)C[C@H](C)c4nc5cnccc5o4)cc(F)c3C)c(F)c12. The van der Waals surface area contributed by atoms with Gasteiger partial charge >= 0.3 is 0 Å². The molecule has 0 bridgehead atoms. The molecular weight excluding hydrogens is 559 g/mol. The summed E-state index contributed by atoms with van der Waals surface area (Å²) >= 11 is 0. The molecule has 0 fully saturated rings. The third-order valence-electron chi connectivity index (χ3n) is 7.43. The van der Waals surface area contributed by atoms with Gasteiger partial charge in [0.15, 0.2) is 17.3 Å². The Morgan fingerprint density at radius 3 is 2.44 bits per heavy atom. The summed E-state index contributed by atoms with van der Waals surface area (Å²) in [6, 6.07) is 12.4. The molecule has 1 N–H and O–H groups in total. The zero-order valence-corrected chi connectivity index (χ0v) is 23.3. The van der Waals surface area contributed by atoms with E-state index in [0.29, 0.717) is 22.6 Å². The van der Waals surface area contributed by atoms with Crippen LogP contribution in [0, 0.1) is 24.4 Å². The van der Waals surface area contributed by atoms with E-state index in [1.807, 2.05) is 0 Å². The molecule has 0 spiro atoms. The maximum atomic E-state index is 16.3. The Hall–Kier alpha value is -5.25. The Morgan fingerprint density at radius 1 is 0.953 bits per heavy atom. The van der Waals surface area contributed by atoms with E-state index in [1.165, 1.54) is 56.4 Å². The number of benzene rings is 3. The molecule has 0 aliphatic carbocycles. The van der Waals surface area contributed by atoms with Crippen molar-refractivity contribution in [2.75, 3.05) is 7.05 Å². The van der Waals surface area contributed by atoms with E-state index in [1.54, 1.807) is 25.4 Å². The van der Waals surface area contributed by atoms with Crippen LogP contribution in [0.5, 0.6) is 0 Å². The number of nitrogens with zero attached hydrogens (tertiary/aromatic N) is 2. The number of fused-ring (bicyclic) bond motifs is 2. The maximum absolute atomic E-state index is 16.3. The van der Waals surface area contributed by atoms with Crippen molar-refractivity contribution in [3.05, 3.63) is 107 Å². The van der Waals surface area contributed by atoms with Crippen molar-refractivity contribution in [2.24, 2.45) is 0 Å². The van der Waals surface area contributed by atoms with Gasteiger partial charge in [-0.2, -0.15) is 0 Å². The van der Waals surface area contributed by atoms with Gasteiger partial charge in [-0.3, -0.25) is 14.6 Å². The molecule has 43 heavy (non-hydrogen) atoms. The maximum Gasteiger partial charge on any atom is 0.255 e. The molecule has 6 aromatic rings. The van der Waals surface area contributed by atoms with Gasteiger partial charge in [0.05, 0.1) is 17.1 Å². The van der Waals surface area contributed by atoms with Crippen LogP contribution >= 0.6 is 0 Å². The lowest BCUT2D eigenvalue weighted by molar-refractivity contribution is 0.0959. The van der Waals surface area contributed by atoms with Crippen molar-refractivity contribution in [2.45, 2.75) is 26.2 Å². The minimum absolute atomic E-state index is 0.0188. The van der Waals surface area contributed by atoms with Crippen LogP contribution in [0.4, 0.5) is 13.2 Å². The number of oxazole rings is 1. The van der Waals surface area contributed by atoms with Crippen molar-refractivity contribution in [1.29, 1.82) is 0 Å². The van der Waals surface area contributed by atoms with Gasteiger partial charge in [-0.15, -0.1) is 0 Å². The fourth-order valence-corrected chi connectivity index (χ4v) is 5.12. The van der Waals surface area contributed by atoms with Gasteiger partial charge in [-0.1, -0.05) is 6.92 Å². The lowest BCUT2D eigenvalue weighted by Crippen LogP contribution is -2.18. The van der Waals surface area contributed by atoms with Crippen molar-refractivity contribution in [3.8, 4) is 22.5 Å². The predicted molar refractivity (Wildman–Crippen MR) is 154 cm³/mol. The summed E-state index contributed by atoms with van der Waals surface area (Å²) in [7, 11) is 1.39. The second kappa shape index (κ2) is 10.9. The topological polar surface area (TPSA) is 98.2 Å². The molecule has 216 valence electrons. The first-order valence-corrected chi connectivity index (χ1v) is 13.4. The van der Waals surface area contributed by atoms with E-state index >= 15 is 8.78 Å². The Bertz CT molecular complexity index is 2010. The molecule has 0 saturated carbocycles. The molecule has 7 nitrogen and oxygen atoms in total. The number of hydrogen-bond donors (Lipinski definition) is 1. The van der Waals surface area contributed by atoms with Gasteiger partial charge in [0.25, 0.3) is 5.91 Å². The van der Waals surface area contributed by atoms with E-state index < -0.39 is 29.3 Å². The molecule has 0 radical (unpaired) electrons. The number of hydrogen-bond acceptors (Lipinski definition) is 6. The highest BCUT2D eigenvalue weighted by Gasteiger charge is 2.27. The van der Waals surface area contributed by atoms with Crippen molar-refractivity contribution < 1.29 is 31.6 Å². The zero-order chi connectivity index (χ0) is 30.4. The normalized spacial score (nSPS) is 12.1. The molecule has 0 aliphatic heterocycles. The van der Waals surface area contributed by atoms with E-state index in [9.17, 15) is 14.0 Å². The molecule has 1 amide bonds. The summed E-state index contributed by atoms with van der Waals surface area (Å²) in [6.45, 7) is 3.25. The molecule has 0 unspecified atom stereocenters. The number of carbonyl (C=O) groups is 2. The van der Waals surface area contributed by atoms with Gasteiger partial charge in [-0.05, 0) is 66.6 Å². The van der Waals surface area contributed by atoms with Crippen molar-refractivity contribution in [3.63, 3.8) is 0 Å². The summed E-state index contributed by atoms with van der Waals surface area (Å²) in [4.78, 5) is 34.7. The number of pyridine rings is 1. The Morgan fingerprint density at radius 2 is 1.72 bits per heavy atom. The summed E-state index contributed by atoms with van der Waals surface area (Å²) < 4.78 is 56.8. The lowest BCUT2D eigenvalue weighted by Gasteiger charge is -2.13. The molecule has 3 aromatic carbocycles. The van der Waals surface area contributed by atoms with Crippen LogP contribution < -0.4 is 5.32 Å². The third-order valence-corrected chi connectivity index (χ3v) is 7.43. The van der Waals surface area contributed by atoms with Crippen LogP contribution in [-0.4, -0.2) is 28.7 Å². The number of aromatic nitrogens is 2. The monoisotopic (exact) mass is 583 g/mol. The van der Waals surface area contributed by atoms with Crippen LogP contribution in [0.3, 0.4) is 0 Å². The van der Waals surface area contributed by atoms with E-state index in [2.05, 4.69) is 15.3 Å². The van der Waals surface area contributed by atoms with Crippen molar-refractivity contribution in [1.82, 2.24) is 15.3 Å². The Balaban J connectivity index is 1.41. The van der Waals surface area contributed by atoms with Crippen LogP contribution in [0.15, 0.2) is 75.8 Å². The van der Waals surface area contributed by atoms with Gasteiger partial charge in [0.2, 0.25) is 0 Å². The highest BCUT2D eigenvalue weighted by Crippen LogP contribution is 2.40. The number of nitrogens with one attached hydrogen (secondary N) is 1. The first kappa shape index (κ1) is 27.9. The third kappa shape index (κ3) is 4.94. The molecule has 1 atom stereocenters. The number of rotatable bonds is 7. The number of furan rings is 1. The second-order valence-corrected chi connectivity index (χ2v) is 10.2. The number of carbonyl (C=O) groups excluding carboxylic acids is 2. The van der Waals surface area contributed by atoms with E-state index in [0.717, 1.165) is 6.07 Å². The van der Waals surface area contributed by atoms with Gasteiger partial charge in [-0.25, -0.2) is 18.2 Å². The Kier molecular flexibility index (Phi) is 7.05. The fraction of sp³-hybridized carbons (Fsp3) is 0.152. The Labute approximate surface area is 243 Å². The number of halogens is 3. The first-order valence-electron chi connectivity index (χ1n) is 13.4. The number of Topliss-reactive ketones (excluding diaryl/α,β-unsaturated/α-hetero) is 1. The smallest absolute Gasteiger partial charge is 0.255 e. The zero-order valence-electron chi connectivity index (χ0n) is 23.3. The summed E-state index contributed by atoms with van der Waals surface area (Å²) in [6.07, 6.45) is 3.10. The molecular formula is C33H24F3N3O4. The molecule has 0 aliphatic rings. The summed E-state index contributed by atoms with van der Waals surface area (Å²) in [5.41, 5.74) is 1.76. The molecule has 3 aromatic heterocycles. The van der Waals surface area contributed by atoms with Gasteiger partial charge in [0, 0.05) is 48.3 Å². The van der Waals surface area contributed by atoms with E-state index in [-0.39, 0.29) is 56.8 Å². The summed E-state index contributed by atoms with van der Waals surface area (Å²) in [5.74, 6) is -3.03.